The smallest absolute Gasteiger partial charge is 0.0227 e. The Bertz CT molecular complexity index is 23.4. The topological polar surface area (TPSA) is 0 Å². The maximum Gasteiger partial charge on any atom is 0.0227 e. The van der Waals surface area contributed by atoms with Crippen molar-refractivity contribution in [2.45, 2.75) is 32.7 Å². The Morgan fingerprint density at radius 3 is 2.71 bits per heavy atom. The Hall–Kier alpha value is 0.217. The van der Waals surface area contributed by atoms with E-state index in [1.165, 1.54) is 18.9 Å². The van der Waals surface area contributed by atoms with E-state index >= 15 is 0 Å². The number of unbranched alkanes of at least 4 members (excludes halogenated alkanes) is 1. The van der Waals surface area contributed by atoms with Crippen LogP contribution in [0.15, 0.2) is 0 Å². The maximum absolute atomic E-state index is 2.37. The minimum Gasteiger partial charge on any atom is -0.0655 e. The van der Waals surface area contributed by atoms with Crippen LogP contribution in [0.5, 0.6) is 0 Å². The predicted octanol–water partition coefficient (Wildman–Crippen LogP) is 1.56. The summed E-state index contributed by atoms with van der Waals surface area (Å²) in [6, 6.07) is 3.89. The van der Waals surface area contributed by atoms with Gasteiger partial charge in [-0.1, -0.05) is 38.8 Å². The van der Waals surface area contributed by atoms with E-state index in [9.17, 15) is 0 Å². The van der Waals surface area contributed by atoms with Gasteiger partial charge in [-0.15, -0.1) is 0 Å². The maximum atomic E-state index is 2.37. The molecule has 0 bridgehead atoms. The van der Waals surface area contributed by atoms with Crippen molar-refractivity contribution in [1.29, 1.82) is 0 Å². The van der Waals surface area contributed by atoms with Crippen molar-refractivity contribution < 1.29 is 0 Å². The normalized spacial score (nSPS) is 11.1. The SMILES string of the molecule is C[CH][SiH2]CCCC. The molecule has 0 aliphatic rings. The van der Waals surface area contributed by atoms with Gasteiger partial charge in [0.05, 0.1) is 0 Å². The van der Waals surface area contributed by atoms with Crippen LogP contribution in [0.4, 0.5) is 0 Å². The molecule has 1 heteroatoms. The highest BCUT2D eigenvalue weighted by atomic mass is 28.2. The van der Waals surface area contributed by atoms with Crippen molar-refractivity contribution in [3.8, 4) is 0 Å². The zero-order valence-electron chi connectivity index (χ0n) is 5.41. The van der Waals surface area contributed by atoms with Crippen LogP contribution >= 0.6 is 0 Å². The zero-order chi connectivity index (χ0) is 5.54. The van der Waals surface area contributed by atoms with Crippen molar-refractivity contribution in [2.24, 2.45) is 0 Å². The first-order chi connectivity index (χ1) is 3.41. The van der Waals surface area contributed by atoms with Gasteiger partial charge in [-0.3, -0.25) is 0 Å². The summed E-state index contributed by atoms with van der Waals surface area (Å²) >= 11 is 0. The molecule has 0 aromatic heterocycles. The lowest BCUT2D eigenvalue weighted by molar-refractivity contribution is 0.880. The molecule has 0 nitrogen and oxygen atoms in total. The molecule has 0 aliphatic heterocycles. The zero-order valence-corrected chi connectivity index (χ0v) is 6.82. The number of hydrogen-bond donors (Lipinski definition) is 0. The van der Waals surface area contributed by atoms with E-state index in [4.69, 9.17) is 0 Å². The third-order valence-corrected chi connectivity index (χ3v) is 2.58. The molecule has 0 spiro atoms. The second kappa shape index (κ2) is 6.22. The fourth-order valence-corrected chi connectivity index (χ4v) is 1.80. The number of rotatable bonds is 4. The average molecular weight is 115 g/mol. The molecule has 0 fully saturated rings. The quantitative estimate of drug-likeness (QED) is 0.385. The standard InChI is InChI=1S/C6H15Si/c1-3-5-6-7-4-2/h4H,3,5-7H2,1-2H3. The molecule has 0 aromatic carbocycles. The molecule has 0 saturated heterocycles. The van der Waals surface area contributed by atoms with Crippen LogP contribution in [0, 0.1) is 6.04 Å². The predicted molar refractivity (Wildman–Crippen MR) is 38.2 cm³/mol. The lowest BCUT2D eigenvalue weighted by atomic mass is 10.4. The highest BCUT2D eigenvalue weighted by molar-refractivity contribution is 6.39. The van der Waals surface area contributed by atoms with Gasteiger partial charge >= 0.3 is 0 Å². The summed E-state index contributed by atoms with van der Waals surface area (Å²) in [5.74, 6) is 0. The van der Waals surface area contributed by atoms with Crippen LogP contribution < -0.4 is 0 Å². The fourth-order valence-electron chi connectivity index (χ4n) is 0.598. The monoisotopic (exact) mass is 115 g/mol. The summed E-state index contributed by atoms with van der Waals surface area (Å²) in [4.78, 5) is 0. The molecule has 0 atom stereocenters. The third kappa shape index (κ3) is 6.22. The molecule has 0 unspecified atom stereocenters. The molecule has 0 aliphatic carbocycles. The Morgan fingerprint density at radius 2 is 2.29 bits per heavy atom. The molecule has 7 heavy (non-hydrogen) atoms. The van der Waals surface area contributed by atoms with Gasteiger partial charge in [0, 0.05) is 9.52 Å². The van der Waals surface area contributed by atoms with E-state index in [-0.39, 0.29) is 9.52 Å². The van der Waals surface area contributed by atoms with Crippen molar-refractivity contribution in [1.82, 2.24) is 0 Å². The van der Waals surface area contributed by atoms with Crippen LogP contribution in [0.1, 0.15) is 26.7 Å². The van der Waals surface area contributed by atoms with Crippen LogP contribution in [0.2, 0.25) is 6.04 Å². The van der Waals surface area contributed by atoms with Crippen LogP contribution in [0.3, 0.4) is 0 Å². The highest BCUT2D eigenvalue weighted by Gasteiger charge is 1.81. The summed E-state index contributed by atoms with van der Waals surface area (Å²) in [5, 5.41) is 0. The van der Waals surface area contributed by atoms with Gasteiger partial charge in [0.2, 0.25) is 0 Å². The molecule has 1 radical (unpaired) electrons. The average Bonchev–Trinajstić information content (AvgIpc) is 1.69. The van der Waals surface area contributed by atoms with Crippen molar-refractivity contribution >= 4 is 9.52 Å². The van der Waals surface area contributed by atoms with Crippen molar-refractivity contribution in [3.63, 3.8) is 0 Å². The minimum atomic E-state index is 0.286. The molecular formula is C6H15Si. The Labute approximate surface area is 49.1 Å². The Balaban J connectivity index is 2.45. The van der Waals surface area contributed by atoms with E-state index in [1.54, 1.807) is 0 Å². The van der Waals surface area contributed by atoms with Gasteiger partial charge in [0.15, 0.2) is 0 Å². The molecule has 0 rings (SSSR count). The van der Waals surface area contributed by atoms with Crippen LogP contribution in [0.25, 0.3) is 0 Å². The first-order valence-electron chi connectivity index (χ1n) is 3.19. The molecular weight excluding hydrogens is 100 g/mol. The van der Waals surface area contributed by atoms with Gasteiger partial charge in [0.25, 0.3) is 0 Å². The lowest BCUT2D eigenvalue weighted by Gasteiger charge is -1.89. The van der Waals surface area contributed by atoms with E-state index in [0.717, 1.165) is 0 Å². The minimum absolute atomic E-state index is 0.286. The van der Waals surface area contributed by atoms with E-state index in [2.05, 4.69) is 19.9 Å². The first kappa shape index (κ1) is 7.22. The lowest BCUT2D eigenvalue weighted by Crippen LogP contribution is -1.85. The molecule has 0 saturated carbocycles. The summed E-state index contributed by atoms with van der Waals surface area (Å²) in [6.07, 6.45) is 2.83. The van der Waals surface area contributed by atoms with Crippen molar-refractivity contribution in [3.05, 3.63) is 6.04 Å². The molecule has 0 N–H and O–H groups in total. The van der Waals surface area contributed by atoms with Gasteiger partial charge in [0.1, 0.15) is 0 Å². The van der Waals surface area contributed by atoms with Crippen molar-refractivity contribution in [2.75, 3.05) is 0 Å². The van der Waals surface area contributed by atoms with Crippen LogP contribution in [-0.2, 0) is 0 Å². The van der Waals surface area contributed by atoms with Gasteiger partial charge in [-0.25, -0.2) is 0 Å². The second-order valence-corrected chi connectivity index (χ2v) is 4.00. The largest absolute Gasteiger partial charge is 0.0655 e. The summed E-state index contributed by atoms with van der Waals surface area (Å²) in [5.41, 5.74) is 0. The van der Waals surface area contributed by atoms with Gasteiger partial charge in [-0.2, -0.15) is 0 Å². The van der Waals surface area contributed by atoms with E-state index in [1.807, 2.05) is 0 Å². The molecule has 0 heterocycles. The Kier molecular flexibility index (Phi) is 6.41. The molecule has 0 aromatic rings. The van der Waals surface area contributed by atoms with E-state index < -0.39 is 0 Å². The number of hydrogen-bond acceptors (Lipinski definition) is 0. The van der Waals surface area contributed by atoms with Gasteiger partial charge in [-0.05, 0) is 0 Å². The second-order valence-electron chi connectivity index (χ2n) is 1.90. The summed E-state index contributed by atoms with van der Waals surface area (Å²) in [6.45, 7) is 4.44. The fraction of sp³-hybridized carbons (Fsp3) is 0.833. The Morgan fingerprint density at radius 1 is 1.57 bits per heavy atom. The van der Waals surface area contributed by atoms with E-state index in [0.29, 0.717) is 0 Å². The molecule has 43 valence electrons. The van der Waals surface area contributed by atoms with Gasteiger partial charge < -0.3 is 0 Å². The third-order valence-electron chi connectivity index (χ3n) is 1.10. The summed E-state index contributed by atoms with van der Waals surface area (Å²) < 4.78 is 0. The first-order valence-corrected chi connectivity index (χ1v) is 5.01. The summed E-state index contributed by atoms with van der Waals surface area (Å²) in [7, 11) is 0.286. The highest BCUT2D eigenvalue weighted by Crippen LogP contribution is 1.92. The molecule has 0 amide bonds. The van der Waals surface area contributed by atoms with Crippen LogP contribution in [-0.4, -0.2) is 9.52 Å².